The van der Waals surface area contributed by atoms with Crippen LogP contribution in [0, 0.1) is 0 Å². The van der Waals surface area contributed by atoms with Gasteiger partial charge >= 0.3 is 11.9 Å². The SMILES string of the molecule is CNCCC(C)(Oc1cccc2ccccc12)c1cccs1.O=C(O)C(=O)O. The summed E-state index contributed by atoms with van der Waals surface area (Å²) in [6, 6.07) is 18.9. The van der Waals surface area contributed by atoms with Crippen molar-refractivity contribution in [1.29, 1.82) is 0 Å². The zero-order chi connectivity index (χ0) is 20.6. The van der Waals surface area contributed by atoms with Crippen molar-refractivity contribution in [2.75, 3.05) is 13.6 Å². The van der Waals surface area contributed by atoms with Gasteiger partial charge in [-0.05, 0) is 43.4 Å². The molecule has 1 aromatic heterocycles. The number of hydrogen-bond donors (Lipinski definition) is 3. The molecule has 0 aliphatic heterocycles. The first-order chi connectivity index (χ1) is 13.4. The lowest BCUT2D eigenvalue weighted by Gasteiger charge is -2.30. The summed E-state index contributed by atoms with van der Waals surface area (Å²) in [5.74, 6) is -2.70. The summed E-state index contributed by atoms with van der Waals surface area (Å²) in [6.45, 7) is 3.09. The maximum Gasteiger partial charge on any atom is 0.414 e. The fraction of sp³-hybridized carbons (Fsp3) is 0.238. The molecule has 3 rings (SSSR count). The van der Waals surface area contributed by atoms with E-state index >= 15 is 0 Å². The molecule has 7 heteroatoms. The van der Waals surface area contributed by atoms with Gasteiger partial charge in [-0.3, -0.25) is 0 Å². The van der Waals surface area contributed by atoms with E-state index in [1.807, 2.05) is 7.05 Å². The highest BCUT2D eigenvalue weighted by Crippen LogP contribution is 2.36. The summed E-state index contributed by atoms with van der Waals surface area (Å²) in [7, 11) is 1.98. The summed E-state index contributed by atoms with van der Waals surface area (Å²) in [5.41, 5.74) is -0.318. The minimum absolute atomic E-state index is 0.318. The third-order valence-corrected chi connectivity index (χ3v) is 5.28. The lowest BCUT2D eigenvalue weighted by molar-refractivity contribution is -0.159. The average Bonchev–Trinajstić information content (AvgIpc) is 3.23. The Labute approximate surface area is 167 Å². The number of rotatable bonds is 6. The van der Waals surface area contributed by atoms with Gasteiger partial charge in [0.25, 0.3) is 0 Å². The van der Waals surface area contributed by atoms with E-state index < -0.39 is 11.9 Å². The zero-order valence-electron chi connectivity index (χ0n) is 15.7. The number of hydrogen-bond acceptors (Lipinski definition) is 5. The lowest BCUT2D eigenvalue weighted by Crippen LogP contribution is -2.32. The molecule has 1 atom stereocenters. The zero-order valence-corrected chi connectivity index (χ0v) is 16.5. The number of nitrogens with one attached hydrogen (secondary N) is 1. The number of carbonyl (C=O) groups is 2. The Morgan fingerprint density at radius 1 is 1.04 bits per heavy atom. The second kappa shape index (κ2) is 9.87. The summed E-state index contributed by atoms with van der Waals surface area (Å²) in [6.07, 6.45) is 0.924. The molecule has 28 heavy (non-hydrogen) atoms. The molecule has 1 unspecified atom stereocenters. The Morgan fingerprint density at radius 2 is 1.71 bits per heavy atom. The highest BCUT2D eigenvalue weighted by Gasteiger charge is 2.30. The highest BCUT2D eigenvalue weighted by atomic mass is 32.1. The largest absolute Gasteiger partial charge is 0.481 e. The van der Waals surface area contributed by atoms with Crippen LogP contribution in [0.15, 0.2) is 60.0 Å². The third kappa shape index (κ3) is 5.55. The summed E-state index contributed by atoms with van der Waals surface area (Å²) in [5, 5.41) is 22.5. The molecule has 0 saturated carbocycles. The van der Waals surface area contributed by atoms with Gasteiger partial charge in [0, 0.05) is 16.7 Å². The van der Waals surface area contributed by atoms with Crippen LogP contribution in [0.2, 0.25) is 0 Å². The molecule has 2 aromatic carbocycles. The summed E-state index contributed by atoms with van der Waals surface area (Å²) in [4.78, 5) is 19.5. The van der Waals surface area contributed by atoms with Crippen molar-refractivity contribution in [1.82, 2.24) is 5.32 Å². The van der Waals surface area contributed by atoms with Gasteiger partial charge < -0.3 is 20.3 Å². The quantitative estimate of drug-likeness (QED) is 0.541. The van der Waals surface area contributed by atoms with Gasteiger partial charge in [0.1, 0.15) is 11.4 Å². The smallest absolute Gasteiger partial charge is 0.414 e. The van der Waals surface area contributed by atoms with E-state index in [4.69, 9.17) is 24.5 Å². The minimum Gasteiger partial charge on any atom is -0.481 e. The van der Waals surface area contributed by atoms with E-state index in [1.165, 1.54) is 10.3 Å². The van der Waals surface area contributed by atoms with Crippen LogP contribution < -0.4 is 10.1 Å². The van der Waals surface area contributed by atoms with Gasteiger partial charge in [-0.15, -0.1) is 11.3 Å². The number of thiophene rings is 1. The Hall–Kier alpha value is -2.90. The molecular weight excluding hydrogens is 378 g/mol. The first kappa shape index (κ1) is 21.4. The van der Waals surface area contributed by atoms with E-state index in [0.29, 0.717) is 0 Å². The number of carboxylic acid groups (broad SMARTS) is 2. The summed E-state index contributed by atoms with van der Waals surface area (Å²) >= 11 is 1.75. The molecule has 1 heterocycles. The maximum absolute atomic E-state index is 9.10. The monoisotopic (exact) mass is 401 g/mol. The number of fused-ring (bicyclic) bond motifs is 1. The van der Waals surface area contributed by atoms with E-state index in [-0.39, 0.29) is 5.60 Å². The Bertz CT molecular complexity index is 908. The van der Waals surface area contributed by atoms with Crippen molar-refractivity contribution in [2.45, 2.75) is 18.9 Å². The second-order valence-electron chi connectivity index (χ2n) is 6.25. The van der Waals surface area contributed by atoms with Gasteiger partial charge in [0.05, 0.1) is 0 Å². The lowest BCUT2D eigenvalue weighted by atomic mass is 9.99. The van der Waals surface area contributed by atoms with Crippen molar-refractivity contribution in [3.63, 3.8) is 0 Å². The Morgan fingerprint density at radius 3 is 2.32 bits per heavy atom. The molecule has 0 aliphatic carbocycles. The number of benzene rings is 2. The van der Waals surface area contributed by atoms with Crippen molar-refractivity contribution >= 4 is 34.0 Å². The molecule has 148 valence electrons. The molecule has 0 fully saturated rings. The number of aliphatic carboxylic acids is 2. The molecule has 0 spiro atoms. The molecule has 0 radical (unpaired) electrons. The third-order valence-electron chi connectivity index (χ3n) is 4.16. The van der Waals surface area contributed by atoms with Crippen LogP contribution >= 0.6 is 11.3 Å². The minimum atomic E-state index is -1.82. The molecule has 6 nitrogen and oxygen atoms in total. The van der Waals surface area contributed by atoms with Crippen LogP contribution in [0.4, 0.5) is 0 Å². The maximum atomic E-state index is 9.10. The topological polar surface area (TPSA) is 95.9 Å². The predicted molar refractivity (Wildman–Crippen MR) is 110 cm³/mol. The van der Waals surface area contributed by atoms with Gasteiger partial charge in [0.2, 0.25) is 0 Å². The fourth-order valence-corrected chi connectivity index (χ4v) is 3.55. The van der Waals surface area contributed by atoms with Crippen LogP contribution in [0.5, 0.6) is 5.75 Å². The summed E-state index contributed by atoms with van der Waals surface area (Å²) < 4.78 is 6.53. The second-order valence-corrected chi connectivity index (χ2v) is 7.20. The van der Waals surface area contributed by atoms with Crippen molar-refractivity contribution < 1.29 is 24.5 Å². The van der Waals surface area contributed by atoms with Gasteiger partial charge in [-0.25, -0.2) is 9.59 Å². The van der Waals surface area contributed by atoms with E-state index in [0.717, 1.165) is 24.1 Å². The van der Waals surface area contributed by atoms with Crippen LogP contribution in [0.3, 0.4) is 0 Å². The van der Waals surface area contributed by atoms with Crippen LogP contribution in [0.25, 0.3) is 10.8 Å². The Balaban J connectivity index is 0.000000409. The van der Waals surface area contributed by atoms with Gasteiger partial charge in [-0.1, -0.05) is 42.5 Å². The van der Waals surface area contributed by atoms with Crippen molar-refractivity contribution in [2.24, 2.45) is 0 Å². The Kier molecular flexibility index (Phi) is 7.54. The van der Waals surface area contributed by atoms with Crippen LogP contribution in [-0.4, -0.2) is 35.7 Å². The molecule has 0 amide bonds. The van der Waals surface area contributed by atoms with E-state index in [2.05, 4.69) is 72.2 Å². The van der Waals surface area contributed by atoms with E-state index in [1.54, 1.807) is 11.3 Å². The molecule has 3 aromatic rings. The predicted octanol–water partition coefficient (Wildman–Crippen LogP) is 3.96. The molecule has 0 saturated heterocycles. The van der Waals surface area contributed by atoms with Crippen LogP contribution in [0.1, 0.15) is 18.2 Å². The van der Waals surface area contributed by atoms with Gasteiger partial charge in [0.15, 0.2) is 0 Å². The van der Waals surface area contributed by atoms with E-state index in [9.17, 15) is 0 Å². The van der Waals surface area contributed by atoms with Crippen molar-refractivity contribution in [3.8, 4) is 5.75 Å². The van der Waals surface area contributed by atoms with Crippen LogP contribution in [-0.2, 0) is 15.2 Å². The van der Waals surface area contributed by atoms with Crippen molar-refractivity contribution in [3.05, 3.63) is 64.9 Å². The first-order valence-electron chi connectivity index (χ1n) is 8.69. The standard InChI is InChI=1S/C19H21NOS.C2H2O4/c1-19(12-13-20-2,18-11-6-14-22-18)21-17-10-5-8-15-7-3-4-9-16(15)17;3-1(4)2(5)6/h3-11,14,20H,12-13H2,1-2H3;(H,3,4)(H,5,6). The normalized spacial score (nSPS) is 12.5. The molecular formula is C21H23NO5S. The first-order valence-corrected chi connectivity index (χ1v) is 9.57. The van der Waals surface area contributed by atoms with Gasteiger partial charge in [-0.2, -0.15) is 0 Å². The molecule has 0 aliphatic rings. The number of ether oxygens (including phenoxy) is 1. The number of carboxylic acids is 2. The average molecular weight is 401 g/mol. The molecule has 3 N–H and O–H groups in total. The fourth-order valence-electron chi connectivity index (χ4n) is 2.69. The molecule has 0 bridgehead atoms. The highest BCUT2D eigenvalue weighted by molar-refractivity contribution is 7.10.